The summed E-state index contributed by atoms with van der Waals surface area (Å²) in [6.45, 7) is 4.67. The number of hydrogen-bond donors (Lipinski definition) is 1. The van der Waals surface area contributed by atoms with Gasteiger partial charge in [-0.1, -0.05) is 11.6 Å². The summed E-state index contributed by atoms with van der Waals surface area (Å²) in [7, 11) is 0. The third-order valence-electron chi connectivity index (χ3n) is 3.25. The maximum Gasteiger partial charge on any atom is 0.395 e. The molecule has 1 rings (SSSR count). The van der Waals surface area contributed by atoms with Crippen LogP contribution in [0.25, 0.3) is 0 Å². The maximum absolute atomic E-state index is 13.1. The van der Waals surface area contributed by atoms with E-state index in [0.717, 1.165) is 6.20 Å². The van der Waals surface area contributed by atoms with Crippen molar-refractivity contribution in [1.29, 1.82) is 0 Å². The largest absolute Gasteiger partial charge is 0.481 e. The minimum Gasteiger partial charge on any atom is -0.481 e. The molecule has 0 aliphatic heterocycles. The Morgan fingerprint density at radius 1 is 1.55 bits per heavy atom. The first kappa shape index (κ1) is 16.7. The molecule has 0 bridgehead atoms. The van der Waals surface area contributed by atoms with Crippen LogP contribution in [0.3, 0.4) is 0 Å². The van der Waals surface area contributed by atoms with E-state index in [1.807, 2.05) is 0 Å². The number of rotatable bonds is 5. The summed E-state index contributed by atoms with van der Waals surface area (Å²) in [6.07, 6.45) is -4.34. The van der Waals surface area contributed by atoms with Crippen LogP contribution in [-0.4, -0.2) is 29.8 Å². The van der Waals surface area contributed by atoms with Gasteiger partial charge in [0.05, 0.1) is 11.8 Å². The Bertz CT molecular complexity index is 464. The molecule has 1 unspecified atom stereocenters. The zero-order valence-corrected chi connectivity index (χ0v) is 11.5. The molecule has 0 spiro atoms. The van der Waals surface area contributed by atoms with Crippen molar-refractivity contribution in [2.75, 3.05) is 0 Å². The van der Waals surface area contributed by atoms with E-state index in [1.165, 1.54) is 6.92 Å². The summed E-state index contributed by atoms with van der Waals surface area (Å²) in [5, 5.41) is 9.08. The first-order chi connectivity index (χ1) is 9.14. The van der Waals surface area contributed by atoms with Gasteiger partial charge >= 0.3 is 12.1 Å². The van der Waals surface area contributed by atoms with Gasteiger partial charge in [-0.05, 0) is 26.5 Å². The fourth-order valence-electron chi connectivity index (χ4n) is 2.07. The number of carboxylic acid groups (broad SMARTS) is 1. The van der Waals surface area contributed by atoms with Gasteiger partial charge in [0, 0.05) is 17.2 Å². The van der Waals surface area contributed by atoms with Gasteiger partial charge in [0.25, 0.3) is 0 Å². The second kappa shape index (κ2) is 5.95. The van der Waals surface area contributed by atoms with Gasteiger partial charge in [0.15, 0.2) is 0 Å². The predicted octanol–water partition coefficient (Wildman–Crippen LogP) is 3.62. The second-order valence-corrected chi connectivity index (χ2v) is 5.26. The first-order valence-corrected chi connectivity index (χ1v) is 6.17. The van der Waals surface area contributed by atoms with E-state index < -0.39 is 29.9 Å². The standard InChI is InChI=1S/C12H14ClF3N2O2/c1-7(13)6-18-10(17-2)8(5-9(19)20)11(3-4-11)12(14,15)16/h6,8H,2-5H2,1H3,(H,19,20)/b7-6+,18-10?. The molecule has 20 heavy (non-hydrogen) atoms. The lowest BCUT2D eigenvalue weighted by Crippen LogP contribution is -2.37. The van der Waals surface area contributed by atoms with E-state index in [2.05, 4.69) is 16.7 Å². The smallest absolute Gasteiger partial charge is 0.395 e. The molecule has 0 heterocycles. The summed E-state index contributed by atoms with van der Waals surface area (Å²) in [4.78, 5) is 18.1. The number of nitrogens with zero attached hydrogens (tertiary/aromatic N) is 2. The number of allylic oxidation sites excluding steroid dienone is 1. The zero-order valence-electron chi connectivity index (χ0n) is 10.7. The average molecular weight is 311 g/mol. The molecule has 4 nitrogen and oxygen atoms in total. The lowest BCUT2D eigenvalue weighted by molar-refractivity contribution is -0.197. The molecule has 0 aromatic rings. The van der Waals surface area contributed by atoms with Crippen LogP contribution in [0.5, 0.6) is 0 Å². The first-order valence-electron chi connectivity index (χ1n) is 5.79. The molecule has 1 atom stereocenters. The molecule has 0 amide bonds. The number of alkyl halides is 3. The van der Waals surface area contributed by atoms with Crippen molar-refractivity contribution in [2.45, 2.75) is 32.4 Å². The van der Waals surface area contributed by atoms with Crippen molar-refractivity contribution in [3.05, 3.63) is 11.2 Å². The second-order valence-electron chi connectivity index (χ2n) is 4.67. The number of aliphatic carboxylic acids is 1. The minimum absolute atomic E-state index is 0.132. The summed E-state index contributed by atoms with van der Waals surface area (Å²) in [5.74, 6) is -2.94. The predicted molar refractivity (Wildman–Crippen MR) is 70.1 cm³/mol. The Balaban J connectivity index is 3.19. The van der Waals surface area contributed by atoms with E-state index in [1.54, 1.807) is 0 Å². The molecule has 112 valence electrons. The van der Waals surface area contributed by atoms with Crippen molar-refractivity contribution < 1.29 is 23.1 Å². The highest BCUT2D eigenvalue weighted by Crippen LogP contribution is 2.63. The van der Waals surface area contributed by atoms with Crippen LogP contribution >= 0.6 is 11.6 Å². The maximum atomic E-state index is 13.1. The Hall–Kier alpha value is -1.37. The van der Waals surface area contributed by atoms with Crippen molar-refractivity contribution in [3.8, 4) is 0 Å². The van der Waals surface area contributed by atoms with Crippen LogP contribution in [0.15, 0.2) is 21.2 Å². The van der Waals surface area contributed by atoms with Crippen molar-refractivity contribution in [1.82, 2.24) is 0 Å². The highest BCUT2D eigenvalue weighted by molar-refractivity contribution is 6.29. The molecule has 8 heteroatoms. The van der Waals surface area contributed by atoms with Crippen molar-refractivity contribution in [3.63, 3.8) is 0 Å². The molecule has 0 radical (unpaired) electrons. The molecule has 1 saturated carbocycles. The van der Waals surface area contributed by atoms with Crippen LogP contribution in [0, 0.1) is 11.3 Å². The lowest BCUT2D eigenvalue weighted by Gasteiger charge is -2.27. The summed E-state index contributed by atoms with van der Waals surface area (Å²) in [5.41, 5.74) is -2.07. The van der Waals surface area contributed by atoms with Gasteiger partial charge in [-0.3, -0.25) is 4.79 Å². The average Bonchev–Trinajstić information content (AvgIpc) is 3.07. The highest BCUT2D eigenvalue weighted by atomic mass is 35.5. The quantitative estimate of drug-likeness (QED) is 0.622. The fraction of sp³-hybridized carbons (Fsp3) is 0.583. The van der Waals surface area contributed by atoms with Crippen LogP contribution in [0.2, 0.25) is 0 Å². The number of aliphatic imine (C=N–C) groups is 2. The molecule has 0 saturated heterocycles. The Morgan fingerprint density at radius 3 is 2.40 bits per heavy atom. The third-order valence-corrected chi connectivity index (χ3v) is 3.34. The van der Waals surface area contributed by atoms with Gasteiger partial charge in [-0.15, -0.1) is 0 Å². The number of carbonyl (C=O) groups is 1. The topological polar surface area (TPSA) is 62.0 Å². The van der Waals surface area contributed by atoms with Gasteiger partial charge in [0.2, 0.25) is 0 Å². The van der Waals surface area contributed by atoms with E-state index >= 15 is 0 Å². The molecule has 1 fully saturated rings. The van der Waals surface area contributed by atoms with Crippen LogP contribution < -0.4 is 0 Å². The monoisotopic (exact) mass is 310 g/mol. The van der Waals surface area contributed by atoms with Gasteiger partial charge in [-0.25, -0.2) is 9.98 Å². The highest BCUT2D eigenvalue weighted by Gasteiger charge is 2.68. The van der Waals surface area contributed by atoms with Crippen LogP contribution in [0.4, 0.5) is 13.2 Å². The van der Waals surface area contributed by atoms with Crippen LogP contribution in [-0.2, 0) is 4.79 Å². The molecule has 0 aromatic heterocycles. The molecular formula is C12H14ClF3N2O2. The van der Waals surface area contributed by atoms with E-state index in [-0.39, 0.29) is 23.7 Å². The summed E-state index contributed by atoms with van der Waals surface area (Å²) < 4.78 is 39.4. The van der Waals surface area contributed by atoms with E-state index in [4.69, 9.17) is 16.7 Å². The Labute approximate surface area is 119 Å². The Morgan fingerprint density at radius 2 is 2.10 bits per heavy atom. The SMILES string of the molecule is C=NC(=N/C=C(\C)Cl)C(CC(=O)O)C1(C(F)(F)F)CC1. The van der Waals surface area contributed by atoms with E-state index in [9.17, 15) is 18.0 Å². The van der Waals surface area contributed by atoms with Crippen molar-refractivity contribution >= 4 is 30.1 Å². The number of amidine groups is 1. The van der Waals surface area contributed by atoms with Gasteiger partial charge < -0.3 is 5.11 Å². The third kappa shape index (κ3) is 3.59. The Kier molecular flexibility index (Phi) is 4.96. The molecule has 0 aromatic carbocycles. The summed E-state index contributed by atoms with van der Waals surface area (Å²) >= 11 is 5.56. The van der Waals surface area contributed by atoms with Gasteiger partial charge in [-0.2, -0.15) is 13.2 Å². The van der Waals surface area contributed by atoms with E-state index in [0.29, 0.717) is 0 Å². The molecule has 1 aliphatic carbocycles. The zero-order chi connectivity index (χ0) is 15.6. The number of hydrogen-bond acceptors (Lipinski definition) is 2. The molecule has 1 aliphatic rings. The van der Waals surface area contributed by atoms with Crippen molar-refractivity contribution in [2.24, 2.45) is 21.3 Å². The van der Waals surface area contributed by atoms with Crippen LogP contribution in [0.1, 0.15) is 26.2 Å². The normalized spacial score (nSPS) is 20.4. The molecular weight excluding hydrogens is 297 g/mol. The lowest BCUT2D eigenvalue weighted by atomic mass is 9.84. The fourth-order valence-corrected chi connectivity index (χ4v) is 2.12. The molecule has 1 N–H and O–H groups in total. The number of carboxylic acids is 1. The summed E-state index contributed by atoms with van der Waals surface area (Å²) in [6, 6.07) is 0. The van der Waals surface area contributed by atoms with Gasteiger partial charge in [0.1, 0.15) is 5.84 Å². The minimum atomic E-state index is -4.50. The number of halogens is 4.